The summed E-state index contributed by atoms with van der Waals surface area (Å²) in [4.78, 5) is 0. The van der Waals surface area contributed by atoms with Gasteiger partial charge in [0, 0.05) is 0 Å². The fraction of sp³-hybridized carbons (Fsp3) is 0.333. The van der Waals surface area contributed by atoms with Crippen LogP contribution in [0, 0.1) is 0 Å². The Morgan fingerprint density at radius 1 is 1.12 bits per heavy atom. The maximum atomic E-state index is 6.26. The molecule has 0 atom stereocenters. The maximum Gasteiger partial charge on any atom is 0.274 e. The number of halogens is 1. The van der Waals surface area contributed by atoms with E-state index >= 15 is 0 Å². The molecular formula is C12H19ClOSi2. The normalized spacial score (nSPS) is 12.6. The SMILES string of the molecule is C=Cc1ccc([Si](C)(C)O[Si](C)(C)Cl)cc1. The summed E-state index contributed by atoms with van der Waals surface area (Å²) in [6.07, 6.45) is 1.85. The molecule has 0 unspecified atom stereocenters. The first-order valence-electron chi connectivity index (χ1n) is 5.37. The Balaban J connectivity index is 2.93. The molecule has 0 spiro atoms. The first-order chi connectivity index (χ1) is 7.24. The van der Waals surface area contributed by atoms with Crippen LogP contribution in [0.3, 0.4) is 0 Å². The Morgan fingerprint density at radius 2 is 1.62 bits per heavy atom. The predicted octanol–water partition coefficient (Wildman–Crippen LogP) is 3.70. The molecule has 1 aromatic carbocycles. The van der Waals surface area contributed by atoms with Gasteiger partial charge in [-0.3, -0.25) is 0 Å². The van der Waals surface area contributed by atoms with Crippen LogP contribution in [0.15, 0.2) is 30.8 Å². The lowest BCUT2D eigenvalue weighted by molar-refractivity contribution is 0.581. The number of hydrogen-bond acceptors (Lipinski definition) is 1. The average molecular weight is 271 g/mol. The van der Waals surface area contributed by atoms with Crippen LogP contribution in [0.5, 0.6) is 0 Å². The second-order valence-corrected chi connectivity index (χ2v) is 14.7. The molecule has 0 aliphatic rings. The highest BCUT2D eigenvalue weighted by atomic mass is 35.6. The van der Waals surface area contributed by atoms with Gasteiger partial charge < -0.3 is 4.12 Å². The highest BCUT2D eigenvalue weighted by Crippen LogP contribution is 2.18. The van der Waals surface area contributed by atoms with Crippen LogP contribution in [0.1, 0.15) is 5.56 Å². The lowest BCUT2D eigenvalue weighted by Gasteiger charge is -2.30. The van der Waals surface area contributed by atoms with E-state index in [0.717, 1.165) is 5.56 Å². The van der Waals surface area contributed by atoms with Gasteiger partial charge >= 0.3 is 0 Å². The van der Waals surface area contributed by atoms with Crippen LogP contribution in [-0.4, -0.2) is 15.9 Å². The molecule has 1 rings (SSSR count). The van der Waals surface area contributed by atoms with E-state index in [4.69, 9.17) is 15.2 Å². The molecule has 88 valence electrons. The number of benzene rings is 1. The lowest BCUT2D eigenvalue weighted by Crippen LogP contribution is -2.50. The second-order valence-electron chi connectivity index (χ2n) is 4.80. The van der Waals surface area contributed by atoms with Gasteiger partial charge in [-0.25, -0.2) is 0 Å². The summed E-state index contributed by atoms with van der Waals surface area (Å²) in [5.41, 5.74) is 1.14. The Labute approximate surface area is 105 Å². The summed E-state index contributed by atoms with van der Waals surface area (Å²) in [5, 5.41) is 1.28. The van der Waals surface area contributed by atoms with Crippen LogP contribution < -0.4 is 5.19 Å². The second kappa shape index (κ2) is 4.88. The Morgan fingerprint density at radius 3 is 2.00 bits per heavy atom. The van der Waals surface area contributed by atoms with Crippen LogP contribution in [-0.2, 0) is 4.12 Å². The Hall–Kier alpha value is -0.356. The molecule has 0 amide bonds. The molecular weight excluding hydrogens is 252 g/mol. The number of hydrogen-bond donors (Lipinski definition) is 0. The monoisotopic (exact) mass is 270 g/mol. The van der Waals surface area contributed by atoms with Crippen molar-refractivity contribution in [3.63, 3.8) is 0 Å². The van der Waals surface area contributed by atoms with Crippen molar-refractivity contribution in [1.29, 1.82) is 0 Å². The average Bonchev–Trinajstić information content (AvgIpc) is 2.14. The van der Waals surface area contributed by atoms with E-state index in [2.05, 4.69) is 43.9 Å². The van der Waals surface area contributed by atoms with Crippen molar-refractivity contribution in [3.05, 3.63) is 36.4 Å². The fourth-order valence-corrected chi connectivity index (χ4v) is 9.72. The van der Waals surface area contributed by atoms with E-state index in [9.17, 15) is 0 Å². The molecule has 0 aromatic heterocycles. The predicted molar refractivity (Wildman–Crippen MR) is 78.1 cm³/mol. The lowest BCUT2D eigenvalue weighted by atomic mass is 10.2. The zero-order chi connectivity index (χ0) is 12.4. The molecule has 0 radical (unpaired) electrons. The van der Waals surface area contributed by atoms with Crippen molar-refractivity contribution in [2.75, 3.05) is 0 Å². The van der Waals surface area contributed by atoms with Gasteiger partial charge in [-0.1, -0.05) is 36.9 Å². The topological polar surface area (TPSA) is 9.23 Å². The summed E-state index contributed by atoms with van der Waals surface area (Å²) in [6.45, 7) is 12.2. The zero-order valence-corrected chi connectivity index (χ0v) is 13.1. The smallest absolute Gasteiger partial charge is 0.274 e. The van der Waals surface area contributed by atoms with Crippen molar-refractivity contribution in [2.24, 2.45) is 0 Å². The van der Waals surface area contributed by atoms with E-state index in [1.54, 1.807) is 0 Å². The molecule has 0 bridgehead atoms. The molecule has 0 aliphatic carbocycles. The third-order valence-electron chi connectivity index (χ3n) is 2.34. The quantitative estimate of drug-likeness (QED) is 0.599. The van der Waals surface area contributed by atoms with Crippen LogP contribution in [0.25, 0.3) is 6.08 Å². The minimum absolute atomic E-state index is 1.14. The summed E-state index contributed by atoms with van der Waals surface area (Å²) < 4.78 is 6.10. The Kier molecular flexibility index (Phi) is 4.18. The van der Waals surface area contributed by atoms with Gasteiger partial charge in [-0.05, 0) is 36.9 Å². The number of rotatable bonds is 4. The molecule has 0 saturated heterocycles. The van der Waals surface area contributed by atoms with Gasteiger partial charge in [0.05, 0.1) is 0 Å². The van der Waals surface area contributed by atoms with E-state index < -0.39 is 15.9 Å². The van der Waals surface area contributed by atoms with Crippen LogP contribution in [0.4, 0.5) is 0 Å². The fourth-order valence-electron chi connectivity index (χ4n) is 1.69. The molecule has 0 saturated carbocycles. The minimum atomic E-state index is -1.98. The third kappa shape index (κ3) is 3.90. The third-order valence-corrected chi connectivity index (χ3v) is 8.74. The van der Waals surface area contributed by atoms with E-state index in [1.165, 1.54) is 5.19 Å². The zero-order valence-electron chi connectivity index (χ0n) is 10.4. The van der Waals surface area contributed by atoms with Gasteiger partial charge in [-0.15, -0.1) is 11.1 Å². The highest BCUT2D eigenvalue weighted by Gasteiger charge is 2.33. The highest BCUT2D eigenvalue weighted by molar-refractivity contribution is 7.18. The van der Waals surface area contributed by atoms with Gasteiger partial charge in [0.2, 0.25) is 8.32 Å². The molecule has 1 aromatic rings. The van der Waals surface area contributed by atoms with E-state index in [0.29, 0.717) is 0 Å². The summed E-state index contributed by atoms with van der Waals surface area (Å²) in [6, 6.07) is 8.40. The largest absolute Gasteiger partial charge is 0.441 e. The van der Waals surface area contributed by atoms with Crippen molar-refractivity contribution >= 4 is 38.3 Å². The summed E-state index contributed by atoms with van der Waals surface area (Å²) >= 11 is 6.26. The van der Waals surface area contributed by atoms with Crippen molar-refractivity contribution in [3.8, 4) is 0 Å². The molecule has 0 fully saturated rings. The molecule has 0 aliphatic heterocycles. The summed E-state index contributed by atoms with van der Waals surface area (Å²) in [7, 11) is -3.84. The van der Waals surface area contributed by atoms with E-state index in [1.807, 2.05) is 19.2 Å². The van der Waals surface area contributed by atoms with Crippen molar-refractivity contribution < 1.29 is 4.12 Å². The van der Waals surface area contributed by atoms with Gasteiger partial charge in [-0.2, -0.15) is 0 Å². The molecule has 1 nitrogen and oxygen atoms in total. The first-order valence-corrected chi connectivity index (χ1v) is 12.2. The minimum Gasteiger partial charge on any atom is -0.441 e. The van der Waals surface area contributed by atoms with Crippen LogP contribution >= 0.6 is 11.1 Å². The van der Waals surface area contributed by atoms with Gasteiger partial charge in [0.25, 0.3) is 7.63 Å². The molecule has 4 heteroatoms. The van der Waals surface area contributed by atoms with Gasteiger partial charge in [0.1, 0.15) is 0 Å². The first kappa shape index (κ1) is 13.7. The molecule has 0 N–H and O–H groups in total. The molecule has 16 heavy (non-hydrogen) atoms. The summed E-state index contributed by atoms with van der Waals surface area (Å²) in [5.74, 6) is 0. The van der Waals surface area contributed by atoms with Gasteiger partial charge in [0.15, 0.2) is 0 Å². The van der Waals surface area contributed by atoms with Crippen molar-refractivity contribution in [2.45, 2.75) is 26.2 Å². The van der Waals surface area contributed by atoms with E-state index in [-0.39, 0.29) is 0 Å². The Bertz CT molecular complexity index is 366. The van der Waals surface area contributed by atoms with Crippen molar-refractivity contribution in [1.82, 2.24) is 0 Å². The standard InChI is InChI=1S/C12H19ClOSi2/c1-6-11-7-9-12(10-8-11)15(2,3)14-16(4,5)13/h6-10H,1H2,2-5H3. The van der Waals surface area contributed by atoms with Crippen LogP contribution in [0.2, 0.25) is 26.2 Å². The maximum absolute atomic E-state index is 6.26. The molecule has 0 heterocycles.